The van der Waals surface area contributed by atoms with Gasteiger partial charge in [-0.3, -0.25) is 10.0 Å². The highest BCUT2D eigenvalue weighted by atomic mass is 19.1. The summed E-state index contributed by atoms with van der Waals surface area (Å²) in [4.78, 5) is 18.0. The number of ether oxygens (including phenoxy) is 1. The number of nitrogens with zero attached hydrogens (tertiary/aromatic N) is 4. The number of hydroxylamine groups is 1. The van der Waals surface area contributed by atoms with E-state index in [1.54, 1.807) is 49.8 Å². The first-order valence-electron chi connectivity index (χ1n) is 16.0. The van der Waals surface area contributed by atoms with Crippen LogP contribution in [-0.2, 0) is 11.3 Å². The van der Waals surface area contributed by atoms with Gasteiger partial charge in [-0.25, -0.2) is 14.9 Å². The number of halogens is 1. The van der Waals surface area contributed by atoms with E-state index in [2.05, 4.69) is 11.4 Å². The number of amides is 1. The van der Waals surface area contributed by atoms with Gasteiger partial charge in [-0.1, -0.05) is 36.4 Å². The maximum Gasteiger partial charge on any atom is 0.267 e. The van der Waals surface area contributed by atoms with Crippen molar-refractivity contribution >= 4 is 17.8 Å². The number of aromatic hydroxyl groups is 1. The molecule has 0 saturated carbocycles. The van der Waals surface area contributed by atoms with Crippen LogP contribution in [0.25, 0.3) is 28.3 Å². The van der Waals surface area contributed by atoms with Crippen molar-refractivity contribution in [2.45, 2.75) is 44.9 Å². The molecule has 1 saturated heterocycles. The summed E-state index contributed by atoms with van der Waals surface area (Å²) in [5.41, 5.74) is 4.25. The molecule has 0 radical (unpaired) electrons. The molecule has 1 fully saturated rings. The molecule has 0 atom stereocenters. The van der Waals surface area contributed by atoms with Crippen LogP contribution in [0.4, 0.5) is 10.2 Å². The predicted octanol–water partition coefficient (Wildman–Crippen LogP) is 5.43. The van der Waals surface area contributed by atoms with E-state index in [0.29, 0.717) is 47.7 Å². The van der Waals surface area contributed by atoms with Gasteiger partial charge in [0, 0.05) is 49.1 Å². The average molecular weight is 677 g/mol. The zero-order valence-electron chi connectivity index (χ0n) is 27.7. The van der Waals surface area contributed by atoms with Crippen LogP contribution >= 0.6 is 0 Å². The van der Waals surface area contributed by atoms with E-state index in [1.807, 2.05) is 35.2 Å². The standard InChI is InChI=1S/C38H37FN6O5/c1-38(2,48)23-50-34-11-10-26(18-33(34)46)31-22-43-37(30(20-41)36(31)27-8-9-28(19-40)32(39)17-27)45-15-13-29(14-16-45)42-21-25-5-3-24(4-6-25)7-12-35(47)44-49/h3-12,17-18,22,29,42,46,48-49H,13-16,21,23H2,1-2H3,(H,44,47)/b12-7+. The largest absolute Gasteiger partial charge is 0.504 e. The summed E-state index contributed by atoms with van der Waals surface area (Å²) in [5.74, 6) is -0.871. The van der Waals surface area contributed by atoms with E-state index in [1.165, 1.54) is 24.3 Å². The lowest BCUT2D eigenvalue weighted by Gasteiger charge is -2.34. The number of aliphatic hydroxyl groups is 1. The highest BCUT2D eigenvalue weighted by Crippen LogP contribution is 2.41. The number of rotatable bonds is 11. The van der Waals surface area contributed by atoms with Crippen molar-refractivity contribution in [3.05, 3.63) is 101 Å². The number of hydrogen-bond donors (Lipinski definition) is 5. The van der Waals surface area contributed by atoms with Crippen molar-refractivity contribution in [1.82, 2.24) is 15.8 Å². The molecule has 11 nitrogen and oxygen atoms in total. The van der Waals surface area contributed by atoms with Crippen LogP contribution < -0.4 is 20.4 Å². The van der Waals surface area contributed by atoms with Crippen molar-refractivity contribution in [2.24, 2.45) is 0 Å². The van der Waals surface area contributed by atoms with Gasteiger partial charge >= 0.3 is 0 Å². The zero-order valence-corrected chi connectivity index (χ0v) is 27.7. The summed E-state index contributed by atoms with van der Waals surface area (Å²) < 4.78 is 20.5. The summed E-state index contributed by atoms with van der Waals surface area (Å²) >= 11 is 0. The molecule has 4 aromatic rings. The van der Waals surface area contributed by atoms with Crippen LogP contribution in [0.5, 0.6) is 11.5 Å². The number of phenolic OH excluding ortho intramolecular Hbond substituents is 1. The highest BCUT2D eigenvalue weighted by molar-refractivity contribution is 5.91. The van der Waals surface area contributed by atoms with Crippen LogP contribution in [0.1, 0.15) is 48.9 Å². The lowest BCUT2D eigenvalue weighted by Crippen LogP contribution is -2.42. The number of benzene rings is 3. The molecule has 1 aliphatic heterocycles. The summed E-state index contributed by atoms with van der Waals surface area (Å²) in [7, 11) is 0. The lowest BCUT2D eigenvalue weighted by atomic mass is 9.91. The summed E-state index contributed by atoms with van der Waals surface area (Å²) in [6, 6.07) is 21.0. The lowest BCUT2D eigenvalue weighted by molar-refractivity contribution is -0.124. The molecule has 3 aromatic carbocycles. The van der Waals surface area contributed by atoms with E-state index < -0.39 is 17.3 Å². The number of piperidine rings is 1. The quantitative estimate of drug-likeness (QED) is 0.0783. The first kappa shape index (κ1) is 35.5. The molecule has 5 N–H and O–H groups in total. The van der Waals surface area contributed by atoms with Gasteiger partial charge in [0.05, 0.1) is 11.2 Å². The normalized spacial score (nSPS) is 13.5. The van der Waals surface area contributed by atoms with Crippen molar-refractivity contribution in [2.75, 3.05) is 24.6 Å². The summed E-state index contributed by atoms with van der Waals surface area (Å²) in [6.45, 7) is 5.00. The summed E-state index contributed by atoms with van der Waals surface area (Å²) in [5, 5.41) is 52.9. The third kappa shape index (κ3) is 8.62. The molecule has 256 valence electrons. The smallest absolute Gasteiger partial charge is 0.267 e. The molecule has 1 amide bonds. The molecule has 12 heteroatoms. The molecule has 0 unspecified atom stereocenters. The van der Waals surface area contributed by atoms with Gasteiger partial charge in [0.15, 0.2) is 11.5 Å². The number of aromatic nitrogens is 1. The molecule has 1 aromatic heterocycles. The van der Waals surface area contributed by atoms with E-state index in [9.17, 15) is 29.9 Å². The van der Waals surface area contributed by atoms with Gasteiger partial charge in [-0.2, -0.15) is 10.5 Å². The molecule has 0 spiro atoms. The third-order valence-corrected chi connectivity index (χ3v) is 8.31. The Bertz CT molecular complexity index is 1970. The van der Waals surface area contributed by atoms with E-state index in [0.717, 1.165) is 24.0 Å². The van der Waals surface area contributed by atoms with Crippen molar-refractivity contribution in [3.63, 3.8) is 0 Å². The van der Waals surface area contributed by atoms with Crippen LogP contribution in [-0.4, -0.2) is 57.7 Å². The SMILES string of the molecule is CC(C)(O)COc1ccc(-c2cnc(N3CCC(NCc4ccc(/C=C/C(=O)NO)cc4)CC3)c(C#N)c2-c2ccc(C#N)c(F)c2)cc1O. The van der Waals surface area contributed by atoms with Crippen LogP contribution in [0.15, 0.2) is 72.9 Å². The Kier molecular flexibility index (Phi) is 11.1. The Morgan fingerprint density at radius 2 is 1.80 bits per heavy atom. The monoisotopic (exact) mass is 676 g/mol. The van der Waals surface area contributed by atoms with Crippen LogP contribution in [0, 0.1) is 28.5 Å². The highest BCUT2D eigenvalue weighted by Gasteiger charge is 2.26. The Balaban J connectivity index is 1.37. The average Bonchev–Trinajstić information content (AvgIpc) is 3.12. The van der Waals surface area contributed by atoms with Gasteiger partial charge in [0.25, 0.3) is 5.91 Å². The van der Waals surface area contributed by atoms with E-state index in [-0.39, 0.29) is 35.3 Å². The predicted molar refractivity (Wildman–Crippen MR) is 185 cm³/mol. The molecular formula is C38H37FN6O5. The molecule has 2 heterocycles. The molecule has 1 aliphatic rings. The number of nitriles is 2. The number of pyridine rings is 1. The Morgan fingerprint density at radius 3 is 2.42 bits per heavy atom. The second-order valence-corrected chi connectivity index (χ2v) is 12.6. The number of hydrogen-bond acceptors (Lipinski definition) is 10. The van der Waals surface area contributed by atoms with Crippen molar-refractivity contribution < 1.29 is 29.3 Å². The number of phenols is 1. The minimum Gasteiger partial charge on any atom is -0.504 e. The molecular weight excluding hydrogens is 639 g/mol. The minimum atomic E-state index is -1.11. The maximum absolute atomic E-state index is 15.0. The van der Waals surface area contributed by atoms with Gasteiger partial charge < -0.3 is 25.2 Å². The maximum atomic E-state index is 15.0. The second kappa shape index (κ2) is 15.6. The third-order valence-electron chi connectivity index (χ3n) is 8.31. The van der Waals surface area contributed by atoms with Gasteiger partial charge in [0.2, 0.25) is 0 Å². The number of nitrogens with one attached hydrogen (secondary N) is 2. The fraction of sp³-hybridized carbons (Fsp3) is 0.263. The topological polar surface area (TPSA) is 175 Å². The summed E-state index contributed by atoms with van der Waals surface area (Å²) in [6.07, 6.45) is 6.02. The first-order chi connectivity index (χ1) is 24.0. The minimum absolute atomic E-state index is 0.0450. The number of carbonyl (C=O) groups excluding carboxylic acids is 1. The first-order valence-corrected chi connectivity index (χ1v) is 16.0. The number of anilines is 1. The molecule has 0 aliphatic carbocycles. The van der Waals surface area contributed by atoms with Gasteiger partial charge in [-0.05, 0) is 79.3 Å². The molecule has 50 heavy (non-hydrogen) atoms. The van der Waals surface area contributed by atoms with E-state index >= 15 is 0 Å². The molecule has 0 bridgehead atoms. The number of carbonyl (C=O) groups is 1. The fourth-order valence-electron chi connectivity index (χ4n) is 5.70. The van der Waals surface area contributed by atoms with E-state index in [4.69, 9.17) is 14.9 Å². The second-order valence-electron chi connectivity index (χ2n) is 12.6. The zero-order chi connectivity index (χ0) is 35.8. The Labute approximate surface area is 289 Å². The fourth-order valence-corrected chi connectivity index (χ4v) is 5.70. The van der Waals surface area contributed by atoms with Crippen molar-refractivity contribution in [1.29, 1.82) is 10.5 Å². The van der Waals surface area contributed by atoms with Crippen LogP contribution in [0.2, 0.25) is 0 Å². The van der Waals surface area contributed by atoms with Crippen LogP contribution in [0.3, 0.4) is 0 Å². The van der Waals surface area contributed by atoms with Crippen molar-refractivity contribution in [3.8, 4) is 45.9 Å². The van der Waals surface area contributed by atoms with Gasteiger partial charge in [0.1, 0.15) is 35.9 Å². The van der Waals surface area contributed by atoms with Gasteiger partial charge in [-0.15, -0.1) is 0 Å². The molecule has 5 rings (SSSR count). The Morgan fingerprint density at radius 1 is 1.08 bits per heavy atom. The Hall–Kier alpha value is -5.79.